The number of allylic oxidation sites excluding steroid dienone is 1. The number of hydrogen-bond acceptors (Lipinski definition) is 8. The Hall–Kier alpha value is -2.13. The number of thiazole rings is 1. The first-order valence-electron chi connectivity index (χ1n) is 13.8. The van der Waals surface area contributed by atoms with Gasteiger partial charge < -0.3 is 20.7 Å². The van der Waals surface area contributed by atoms with Gasteiger partial charge in [0.25, 0.3) is 0 Å². The first kappa shape index (κ1) is 30.4. The third-order valence-corrected chi connectivity index (χ3v) is 9.01. The molecular weight excluding hydrogens is 500 g/mol. The van der Waals surface area contributed by atoms with Crippen molar-refractivity contribution >= 4 is 33.3 Å². The van der Waals surface area contributed by atoms with Crippen LogP contribution >= 0.6 is 11.3 Å². The van der Waals surface area contributed by atoms with Gasteiger partial charge in [-0.15, -0.1) is 11.3 Å². The molecule has 1 aromatic heterocycles. The van der Waals surface area contributed by atoms with Crippen molar-refractivity contribution in [2.75, 3.05) is 0 Å². The van der Waals surface area contributed by atoms with E-state index in [1.54, 1.807) is 25.2 Å². The van der Waals surface area contributed by atoms with Crippen LogP contribution in [0.3, 0.4) is 0 Å². The molecule has 0 bridgehead atoms. The predicted octanol–water partition coefficient (Wildman–Crippen LogP) is 5.62. The SMILES string of the molecule is CCC[C@H]1C(=O)C(C)(C)[C@@H](O)CC(=O)O[C@H](c2ccc3sc(CN)nc3c2)CC=C(C)CCC[C@H](C)[C@@H]1O. The van der Waals surface area contributed by atoms with Crippen LogP contribution in [-0.2, 0) is 20.9 Å². The molecule has 1 aromatic carbocycles. The van der Waals surface area contributed by atoms with E-state index in [0.29, 0.717) is 19.4 Å². The molecule has 210 valence electrons. The molecule has 0 fully saturated rings. The highest BCUT2D eigenvalue weighted by Gasteiger charge is 2.43. The molecule has 1 aliphatic rings. The molecule has 38 heavy (non-hydrogen) atoms. The third kappa shape index (κ3) is 7.29. The fourth-order valence-electron chi connectivity index (χ4n) is 5.24. The van der Waals surface area contributed by atoms with Gasteiger partial charge in [-0.1, -0.05) is 51.8 Å². The maximum Gasteiger partial charge on any atom is 0.309 e. The van der Waals surface area contributed by atoms with Gasteiger partial charge in [0.2, 0.25) is 0 Å². The second-order valence-electron chi connectivity index (χ2n) is 11.4. The molecule has 5 atom stereocenters. The molecule has 1 aliphatic heterocycles. The van der Waals surface area contributed by atoms with Gasteiger partial charge in [-0.2, -0.15) is 0 Å². The van der Waals surface area contributed by atoms with Gasteiger partial charge in [0.05, 0.1) is 34.3 Å². The van der Waals surface area contributed by atoms with Crippen LogP contribution in [0.15, 0.2) is 29.8 Å². The van der Waals surface area contributed by atoms with Crippen LogP contribution in [0.2, 0.25) is 0 Å². The average Bonchev–Trinajstić information content (AvgIpc) is 3.30. The summed E-state index contributed by atoms with van der Waals surface area (Å²) in [5, 5.41) is 23.0. The number of hydrogen-bond donors (Lipinski definition) is 3. The summed E-state index contributed by atoms with van der Waals surface area (Å²) in [5.41, 5.74) is 7.39. The highest BCUT2D eigenvalue weighted by molar-refractivity contribution is 7.18. The Kier molecular flexibility index (Phi) is 10.6. The van der Waals surface area contributed by atoms with Crippen LogP contribution in [0.5, 0.6) is 0 Å². The minimum absolute atomic E-state index is 0.0508. The van der Waals surface area contributed by atoms with Crippen molar-refractivity contribution in [3.63, 3.8) is 0 Å². The van der Waals surface area contributed by atoms with Gasteiger partial charge in [0.15, 0.2) is 0 Å². The molecule has 7 nitrogen and oxygen atoms in total. The average molecular weight is 545 g/mol. The molecule has 2 heterocycles. The summed E-state index contributed by atoms with van der Waals surface area (Å²) >= 11 is 1.55. The minimum atomic E-state index is -1.23. The first-order chi connectivity index (χ1) is 18.0. The lowest BCUT2D eigenvalue weighted by Crippen LogP contribution is -2.46. The van der Waals surface area contributed by atoms with Crippen LogP contribution in [0, 0.1) is 17.3 Å². The van der Waals surface area contributed by atoms with Crippen LogP contribution in [-0.4, -0.2) is 39.2 Å². The number of ether oxygens (including phenoxy) is 1. The highest BCUT2D eigenvalue weighted by atomic mass is 32.1. The summed E-state index contributed by atoms with van der Waals surface area (Å²) < 4.78 is 6.95. The van der Waals surface area contributed by atoms with Crippen LogP contribution in [0.4, 0.5) is 0 Å². The van der Waals surface area contributed by atoms with E-state index in [2.05, 4.69) is 18.0 Å². The van der Waals surface area contributed by atoms with E-state index in [1.807, 2.05) is 32.0 Å². The summed E-state index contributed by atoms with van der Waals surface area (Å²) in [5.74, 6) is -1.41. The van der Waals surface area contributed by atoms with Crippen molar-refractivity contribution in [1.82, 2.24) is 4.98 Å². The number of Topliss-reactive ketones (excluding diaryl/α,β-unsaturated/α-hetero) is 1. The fraction of sp³-hybridized carbons (Fsp3) is 0.633. The lowest BCUT2D eigenvalue weighted by Gasteiger charge is -2.36. The van der Waals surface area contributed by atoms with E-state index < -0.39 is 35.6 Å². The molecule has 0 saturated heterocycles. The number of aromatic nitrogens is 1. The predicted molar refractivity (Wildman–Crippen MR) is 152 cm³/mol. The van der Waals surface area contributed by atoms with Crippen LogP contribution < -0.4 is 5.73 Å². The van der Waals surface area contributed by atoms with E-state index in [-0.39, 0.29) is 18.1 Å². The maximum atomic E-state index is 13.6. The topological polar surface area (TPSA) is 123 Å². The number of rotatable bonds is 4. The summed E-state index contributed by atoms with van der Waals surface area (Å²) in [6.07, 6.45) is 3.55. The molecule has 3 rings (SSSR count). The zero-order chi connectivity index (χ0) is 28.0. The maximum absolute atomic E-state index is 13.6. The summed E-state index contributed by atoms with van der Waals surface area (Å²) in [6.45, 7) is 9.73. The largest absolute Gasteiger partial charge is 0.457 e. The number of carbonyl (C=O) groups excluding carboxylic acids is 2. The van der Waals surface area contributed by atoms with Crippen molar-refractivity contribution in [1.29, 1.82) is 0 Å². The molecule has 2 aromatic rings. The van der Waals surface area contributed by atoms with Crippen molar-refractivity contribution in [3.8, 4) is 0 Å². The van der Waals surface area contributed by atoms with E-state index in [0.717, 1.165) is 46.5 Å². The molecule has 8 heteroatoms. The van der Waals surface area contributed by atoms with Gasteiger partial charge >= 0.3 is 5.97 Å². The molecule has 0 amide bonds. The molecule has 0 aliphatic carbocycles. The number of aliphatic hydroxyl groups is 2. The lowest BCUT2D eigenvalue weighted by molar-refractivity contribution is -0.156. The molecule has 0 radical (unpaired) electrons. The number of aliphatic hydroxyl groups excluding tert-OH is 2. The quantitative estimate of drug-likeness (QED) is 0.337. The number of cyclic esters (lactones) is 1. The number of nitrogens with two attached hydrogens (primary N) is 1. The van der Waals surface area contributed by atoms with E-state index in [9.17, 15) is 19.8 Å². The smallest absolute Gasteiger partial charge is 0.309 e. The van der Waals surface area contributed by atoms with E-state index >= 15 is 0 Å². The molecule has 0 spiro atoms. The number of fused-ring (bicyclic) bond motifs is 1. The minimum Gasteiger partial charge on any atom is -0.457 e. The lowest BCUT2D eigenvalue weighted by atomic mass is 9.71. The Morgan fingerprint density at radius 2 is 1.97 bits per heavy atom. The Morgan fingerprint density at radius 3 is 2.66 bits per heavy atom. The summed E-state index contributed by atoms with van der Waals surface area (Å²) in [6, 6.07) is 5.86. The van der Waals surface area contributed by atoms with Gasteiger partial charge in [0, 0.05) is 18.9 Å². The van der Waals surface area contributed by atoms with Gasteiger partial charge in [-0.3, -0.25) is 9.59 Å². The Labute approximate surface area is 230 Å². The zero-order valence-electron chi connectivity index (χ0n) is 23.4. The standard InChI is InChI=1S/C30H44N2O5S/c1-6-8-21-28(35)19(3)10-7-9-18(2)11-13-23(37-27(34)16-25(33)30(4,5)29(21)36)20-12-14-24-22(15-20)32-26(17-31)38-24/h11-12,14-15,19,21,23,25,28,33,35H,6-10,13,16-17,31H2,1-5H3/t19-,21+,23-,25-,28-/m0/s1. The van der Waals surface area contributed by atoms with Gasteiger partial charge in [-0.05, 0) is 56.2 Å². The fourth-order valence-corrected chi connectivity index (χ4v) is 6.07. The number of ketones is 1. The number of benzene rings is 1. The van der Waals surface area contributed by atoms with Crippen LogP contribution in [0.1, 0.15) is 96.2 Å². The summed E-state index contributed by atoms with van der Waals surface area (Å²) in [7, 11) is 0. The highest BCUT2D eigenvalue weighted by Crippen LogP contribution is 2.35. The first-order valence-corrected chi connectivity index (χ1v) is 14.6. The zero-order valence-corrected chi connectivity index (χ0v) is 24.2. The number of nitrogens with zero attached hydrogens (tertiary/aromatic N) is 1. The second-order valence-corrected chi connectivity index (χ2v) is 12.5. The van der Waals surface area contributed by atoms with Crippen molar-refractivity contribution in [3.05, 3.63) is 40.4 Å². The number of carbonyl (C=O) groups is 2. The molecular formula is C30H44N2O5S. The normalized spacial score (nSPS) is 28.2. The van der Waals surface area contributed by atoms with Gasteiger partial charge in [0.1, 0.15) is 16.9 Å². The van der Waals surface area contributed by atoms with Crippen molar-refractivity contribution < 1.29 is 24.5 Å². The van der Waals surface area contributed by atoms with Crippen LogP contribution in [0.25, 0.3) is 10.2 Å². The monoisotopic (exact) mass is 544 g/mol. The molecule has 0 saturated carbocycles. The van der Waals surface area contributed by atoms with E-state index in [1.165, 1.54) is 5.57 Å². The molecule has 0 unspecified atom stereocenters. The Bertz CT molecular complexity index is 1140. The Balaban J connectivity index is 1.93. The van der Waals surface area contributed by atoms with Gasteiger partial charge in [-0.25, -0.2) is 4.98 Å². The summed E-state index contributed by atoms with van der Waals surface area (Å²) in [4.78, 5) is 31.3. The third-order valence-electron chi connectivity index (χ3n) is 7.95. The van der Waals surface area contributed by atoms with Crippen molar-refractivity contribution in [2.45, 2.75) is 104 Å². The Morgan fingerprint density at radius 1 is 1.24 bits per heavy atom. The number of esters is 1. The van der Waals surface area contributed by atoms with Crippen molar-refractivity contribution in [2.24, 2.45) is 23.0 Å². The second kappa shape index (κ2) is 13.3. The molecule has 4 N–H and O–H groups in total. The van der Waals surface area contributed by atoms with E-state index in [4.69, 9.17) is 10.5 Å².